The first-order valence-electron chi connectivity index (χ1n) is 21.4. The van der Waals surface area contributed by atoms with Gasteiger partial charge in [0.25, 0.3) is 0 Å². The molecule has 0 amide bonds. The first kappa shape index (κ1) is 42.4. The second-order valence-electron chi connectivity index (χ2n) is 17.3. The summed E-state index contributed by atoms with van der Waals surface area (Å²) in [5.41, 5.74) is -0.919. The van der Waals surface area contributed by atoms with Gasteiger partial charge in [-0.1, -0.05) is 42.3 Å². The lowest BCUT2D eigenvalue weighted by atomic mass is 9.76. The Morgan fingerprint density at radius 3 is 2.11 bits per heavy atom. The Kier molecular flexibility index (Phi) is 11.6. The molecule has 4 fully saturated rings. The lowest BCUT2D eigenvalue weighted by Crippen LogP contribution is -2.50. The Balaban J connectivity index is 1.18. The minimum Gasteiger partial charge on any atom is -0.497 e. The molecule has 328 valence electrons. The van der Waals surface area contributed by atoms with Crippen LogP contribution in [0.1, 0.15) is 67.2 Å². The lowest BCUT2D eigenvalue weighted by Gasteiger charge is -2.44. The predicted octanol–water partition coefficient (Wildman–Crippen LogP) is 10.0. The monoisotopic (exact) mass is 874 g/mol. The highest BCUT2D eigenvalue weighted by atomic mass is 35.5. The van der Waals surface area contributed by atoms with Gasteiger partial charge >= 0.3 is 12.2 Å². The van der Waals surface area contributed by atoms with Crippen LogP contribution in [0.3, 0.4) is 0 Å². The number of piperidine rings is 1. The van der Waals surface area contributed by atoms with Gasteiger partial charge in [-0.15, -0.1) is 0 Å². The van der Waals surface area contributed by atoms with Gasteiger partial charge in [-0.2, -0.15) is 23.1 Å². The van der Waals surface area contributed by atoms with Crippen LogP contribution in [0, 0.1) is 18.2 Å². The summed E-state index contributed by atoms with van der Waals surface area (Å²) in [7, 11) is 5.30. The second-order valence-corrected chi connectivity index (χ2v) is 17.8. The van der Waals surface area contributed by atoms with Crippen molar-refractivity contribution in [2.24, 2.45) is 5.41 Å². The summed E-state index contributed by atoms with van der Waals surface area (Å²) in [4.78, 5) is 20.6. The number of hydrogen-bond acceptors (Lipinski definition) is 10. The van der Waals surface area contributed by atoms with Gasteiger partial charge in [0.2, 0.25) is 0 Å². The van der Waals surface area contributed by atoms with Crippen molar-refractivity contribution in [3.05, 3.63) is 93.8 Å². The first-order chi connectivity index (χ1) is 29.8. The first-order valence-corrected chi connectivity index (χ1v) is 21.7. The van der Waals surface area contributed by atoms with Gasteiger partial charge in [0.05, 0.1) is 54.9 Å². The van der Waals surface area contributed by atoms with E-state index in [-0.39, 0.29) is 64.0 Å². The van der Waals surface area contributed by atoms with Gasteiger partial charge in [-0.05, 0) is 112 Å². The fourth-order valence-electron chi connectivity index (χ4n) is 10.3. The van der Waals surface area contributed by atoms with Crippen molar-refractivity contribution in [1.82, 2.24) is 19.9 Å². The average molecular weight is 875 g/mol. The van der Waals surface area contributed by atoms with E-state index in [0.29, 0.717) is 43.1 Å². The summed E-state index contributed by atoms with van der Waals surface area (Å²) >= 11 is 7.00. The summed E-state index contributed by atoms with van der Waals surface area (Å²) in [5.74, 6) is 0.906. The van der Waals surface area contributed by atoms with E-state index >= 15 is 17.6 Å². The number of likely N-dealkylation sites (tertiary alicyclic amines) is 1. The molecule has 1 aliphatic carbocycles. The maximum atomic E-state index is 17.7. The molecule has 10 nitrogen and oxygen atoms in total. The van der Waals surface area contributed by atoms with Crippen molar-refractivity contribution in [2.75, 3.05) is 57.3 Å². The summed E-state index contributed by atoms with van der Waals surface area (Å²) in [6.45, 7) is 4.28. The quantitative estimate of drug-likeness (QED) is 0.113. The molecule has 3 aliphatic heterocycles. The van der Waals surface area contributed by atoms with Crippen LogP contribution < -0.4 is 24.0 Å². The Morgan fingerprint density at radius 2 is 1.50 bits per heavy atom. The molecule has 0 spiro atoms. The van der Waals surface area contributed by atoms with Gasteiger partial charge in [-0.3, -0.25) is 0 Å². The van der Waals surface area contributed by atoms with Gasteiger partial charge in [0.1, 0.15) is 28.7 Å². The summed E-state index contributed by atoms with van der Waals surface area (Å²) < 4.78 is 86.9. The van der Waals surface area contributed by atoms with Crippen LogP contribution in [-0.2, 0) is 24.0 Å². The Morgan fingerprint density at radius 1 is 0.871 bits per heavy atom. The molecule has 0 N–H and O–H groups in total. The van der Waals surface area contributed by atoms with E-state index in [1.807, 2.05) is 58.3 Å². The van der Waals surface area contributed by atoms with Gasteiger partial charge in [0.15, 0.2) is 5.82 Å². The number of alkyl halides is 3. The number of nitrogens with zero attached hydrogens (tertiary/aromatic N) is 6. The maximum Gasteiger partial charge on any atom is 0.418 e. The largest absolute Gasteiger partial charge is 0.497 e. The minimum absolute atomic E-state index is 0.0224. The highest BCUT2D eigenvalue weighted by Gasteiger charge is 2.48. The molecule has 0 unspecified atom stereocenters. The van der Waals surface area contributed by atoms with E-state index in [9.17, 15) is 0 Å². The summed E-state index contributed by atoms with van der Waals surface area (Å²) in [5, 5.41) is 0.0374. The minimum atomic E-state index is -4.91. The standard InChI is InChI=1S/C47H51ClF4N6O4/c1-28-21-38(57(23-29-8-12-31(59-3)13-9-29)24-30-10-14-32(60-4)15-11-30)53-43(40(28)47(50,51)52)39-36(48)22-35-42(41(39)49)54-45(55-44(35)58-25-33-16-17-34(26-58)62-33)61-27-46-18-5-7-37(46)56(2)20-6-19-46/h8-15,21-22,33-34,37H,5-7,16-20,23-27H2,1-4H3/t33-,34+,37-,46-/m1/s1. The van der Waals surface area contributed by atoms with Crippen molar-refractivity contribution in [3.8, 4) is 28.8 Å². The Bertz CT molecular complexity index is 2380. The molecule has 1 saturated carbocycles. The average Bonchev–Trinajstić information content (AvgIpc) is 3.85. The molecule has 4 aliphatic rings. The highest BCUT2D eigenvalue weighted by Crippen LogP contribution is 2.49. The van der Waals surface area contributed by atoms with Crippen molar-refractivity contribution >= 4 is 34.1 Å². The van der Waals surface area contributed by atoms with Crippen LogP contribution in [0.5, 0.6) is 17.5 Å². The molecule has 9 rings (SSSR count). The van der Waals surface area contributed by atoms with Crippen molar-refractivity contribution in [1.29, 1.82) is 0 Å². The number of hydrogen-bond donors (Lipinski definition) is 0. The van der Waals surface area contributed by atoms with Crippen molar-refractivity contribution < 1.29 is 36.5 Å². The number of aromatic nitrogens is 3. The zero-order chi connectivity index (χ0) is 43.3. The highest BCUT2D eigenvalue weighted by molar-refractivity contribution is 6.34. The number of fused-ring (bicyclic) bond motifs is 4. The van der Waals surface area contributed by atoms with Gasteiger partial charge in [-0.25, -0.2) is 9.37 Å². The maximum absolute atomic E-state index is 17.7. The zero-order valence-electron chi connectivity index (χ0n) is 35.4. The second kappa shape index (κ2) is 17.0. The van der Waals surface area contributed by atoms with E-state index in [4.69, 9.17) is 35.5 Å². The number of rotatable bonds is 12. The third-order valence-electron chi connectivity index (χ3n) is 13.4. The molecule has 5 aromatic rings. The van der Waals surface area contributed by atoms with Crippen molar-refractivity contribution in [3.63, 3.8) is 0 Å². The molecule has 5 heterocycles. The number of anilines is 2. The molecule has 3 saturated heterocycles. The number of halogens is 5. The van der Waals surface area contributed by atoms with Crippen LogP contribution in [0.25, 0.3) is 22.2 Å². The van der Waals surface area contributed by atoms with Gasteiger partial charge in [0, 0.05) is 43.0 Å². The van der Waals surface area contributed by atoms with Crippen LogP contribution in [0.15, 0.2) is 60.7 Å². The van der Waals surface area contributed by atoms with E-state index in [1.165, 1.54) is 19.1 Å². The van der Waals surface area contributed by atoms with Crippen LogP contribution in [0.2, 0.25) is 5.02 Å². The molecule has 2 bridgehead atoms. The third-order valence-corrected chi connectivity index (χ3v) is 13.7. The molecule has 3 aromatic carbocycles. The number of methoxy groups -OCH3 is 2. The summed E-state index contributed by atoms with van der Waals surface area (Å²) in [6, 6.07) is 18.0. The number of ether oxygens (including phenoxy) is 4. The molecular weight excluding hydrogens is 824 g/mol. The van der Waals surface area contributed by atoms with Crippen molar-refractivity contribution in [2.45, 2.75) is 89.4 Å². The van der Waals surface area contributed by atoms with Crippen LogP contribution in [-0.4, -0.2) is 85.6 Å². The summed E-state index contributed by atoms with van der Waals surface area (Å²) in [6.07, 6.45) is 2.01. The molecule has 4 atom stereocenters. The molecule has 2 aromatic heterocycles. The predicted molar refractivity (Wildman–Crippen MR) is 231 cm³/mol. The fraction of sp³-hybridized carbons (Fsp3) is 0.468. The van der Waals surface area contributed by atoms with E-state index in [2.05, 4.69) is 21.9 Å². The van der Waals surface area contributed by atoms with E-state index in [1.54, 1.807) is 14.2 Å². The third kappa shape index (κ3) is 8.21. The molecule has 0 radical (unpaired) electrons. The zero-order valence-corrected chi connectivity index (χ0v) is 36.2. The van der Waals surface area contributed by atoms with E-state index in [0.717, 1.165) is 62.6 Å². The molecule has 15 heteroatoms. The topological polar surface area (TPSA) is 85.3 Å². The normalized spacial score (nSPS) is 22.5. The van der Waals surface area contributed by atoms with Gasteiger partial charge < -0.3 is 33.6 Å². The molecule has 62 heavy (non-hydrogen) atoms. The van der Waals surface area contributed by atoms with E-state index < -0.39 is 28.8 Å². The SMILES string of the molecule is COc1ccc(CN(Cc2ccc(OC)cc2)c2cc(C)c(C(F)(F)F)c(-c3c(Cl)cc4c(N5C[C@H]6CC[C@@H](C5)O6)nc(OC[C@]56CCC[C@H]5N(C)CCC6)nc4c3F)n2)cc1. The Labute approximate surface area is 364 Å². The Hall–Kier alpha value is -4.92. The number of benzene rings is 3. The smallest absolute Gasteiger partial charge is 0.418 e. The van der Waals surface area contributed by atoms with Crippen LogP contribution in [0.4, 0.5) is 29.2 Å². The van der Waals surface area contributed by atoms with Crippen LogP contribution >= 0.6 is 11.6 Å². The fourth-order valence-corrected chi connectivity index (χ4v) is 10.6. The molecular formula is C47H51ClF4N6O4. The lowest BCUT2D eigenvalue weighted by molar-refractivity contribution is -0.137. The number of morpholine rings is 1. The number of pyridine rings is 1. The number of aryl methyl sites for hydroxylation is 1.